The Balaban J connectivity index is 2.64. The van der Waals surface area contributed by atoms with E-state index < -0.39 is 0 Å². The molecule has 3 heteroatoms. The van der Waals surface area contributed by atoms with Crippen molar-refractivity contribution in [2.75, 3.05) is 6.61 Å². The van der Waals surface area contributed by atoms with Crippen LogP contribution in [0.25, 0.3) is 0 Å². The zero-order valence-electron chi connectivity index (χ0n) is 4.94. The van der Waals surface area contributed by atoms with Gasteiger partial charge >= 0.3 is 0 Å². The number of hydrogen-bond acceptors (Lipinski definition) is 2. The second kappa shape index (κ2) is 1.93. The van der Waals surface area contributed by atoms with Crippen molar-refractivity contribution in [3.8, 4) is 0 Å². The first-order chi connectivity index (χ1) is 4.20. The molecule has 1 heterocycles. The van der Waals surface area contributed by atoms with Crippen molar-refractivity contribution in [2.45, 2.75) is 0 Å². The first-order valence-corrected chi connectivity index (χ1v) is 2.51. The number of hydrogen-bond donors (Lipinski definition) is 1. The summed E-state index contributed by atoms with van der Waals surface area (Å²) in [5, 5.41) is 2.47. The van der Waals surface area contributed by atoms with Crippen LogP contribution in [0.4, 0.5) is 0 Å². The van der Waals surface area contributed by atoms with Gasteiger partial charge in [-0.05, 0) is 0 Å². The van der Waals surface area contributed by atoms with Gasteiger partial charge in [0.1, 0.15) is 5.76 Å². The standard InChI is InChI=1S/C6H7NO2/c1-4-5(2)9-3-6(8)7-4/h1-3H2,(H,7,8). The van der Waals surface area contributed by atoms with Gasteiger partial charge in [-0.25, -0.2) is 0 Å². The molecule has 0 saturated carbocycles. The van der Waals surface area contributed by atoms with Crippen LogP contribution in [0.5, 0.6) is 0 Å². The zero-order chi connectivity index (χ0) is 6.85. The minimum Gasteiger partial charge on any atom is -0.482 e. The van der Waals surface area contributed by atoms with Crippen LogP contribution in [0.2, 0.25) is 0 Å². The molecule has 1 aliphatic rings. The van der Waals surface area contributed by atoms with Gasteiger partial charge in [0.15, 0.2) is 6.61 Å². The van der Waals surface area contributed by atoms with E-state index >= 15 is 0 Å². The molecule has 0 unspecified atom stereocenters. The SMILES string of the molecule is C=C1NC(=O)COC1=C. The second-order valence-corrected chi connectivity index (χ2v) is 1.74. The summed E-state index contributed by atoms with van der Waals surface area (Å²) in [4.78, 5) is 10.5. The van der Waals surface area contributed by atoms with E-state index in [0.29, 0.717) is 11.5 Å². The van der Waals surface area contributed by atoms with Gasteiger partial charge in [0, 0.05) is 0 Å². The summed E-state index contributed by atoms with van der Waals surface area (Å²) in [6.07, 6.45) is 0. The minimum absolute atomic E-state index is 0.0534. The number of nitrogens with one attached hydrogen (secondary N) is 1. The van der Waals surface area contributed by atoms with Crippen molar-refractivity contribution < 1.29 is 9.53 Å². The molecule has 0 aliphatic carbocycles. The van der Waals surface area contributed by atoms with Crippen LogP contribution in [-0.4, -0.2) is 12.5 Å². The van der Waals surface area contributed by atoms with Crippen molar-refractivity contribution in [1.29, 1.82) is 0 Å². The lowest BCUT2D eigenvalue weighted by Gasteiger charge is -2.17. The molecule has 0 spiro atoms. The number of morpholine rings is 1. The summed E-state index contributed by atoms with van der Waals surface area (Å²) in [6, 6.07) is 0. The molecular formula is C6H7NO2. The molecule has 1 rings (SSSR count). The maximum absolute atomic E-state index is 10.5. The zero-order valence-corrected chi connectivity index (χ0v) is 4.94. The fourth-order valence-electron chi connectivity index (χ4n) is 0.514. The van der Waals surface area contributed by atoms with E-state index in [1.165, 1.54) is 0 Å². The van der Waals surface area contributed by atoms with Gasteiger partial charge < -0.3 is 10.1 Å². The van der Waals surface area contributed by atoms with E-state index in [9.17, 15) is 4.79 Å². The molecule has 1 saturated heterocycles. The fraction of sp³-hybridized carbons (Fsp3) is 0.167. The topological polar surface area (TPSA) is 38.3 Å². The van der Waals surface area contributed by atoms with Gasteiger partial charge in [-0.15, -0.1) is 0 Å². The Bertz CT molecular complexity index is 183. The van der Waals surface area contributed by atoms with Crippen LogP contribution in [0, 0.1) is 0 Å². The minimum atomic E-state index is -0.174. The lowest BCUT2D eigenvalue weighted by molar-refractivity contribution is -0.125. The Labute approximate surface area is 53.0 Å². The maximum atomic E-state index is 10.5. The fourth-order valence-corrected chi connectivity index (χ4v) is 0.514. The molecule has 0 radical (unpaired) electrons. The quantitative estimate of drug-likeness (QED) is 0.500. The summed E-state index contributed by atoms with van der Waals surface area (Å²) in [6.45, 7) is 7.04. The third-order valence-corrected chi connectivity index (χ3v) is 1.00. The molecule has 0 aromatic carbocycles. The van der Waals surface area contributed by atoms with Crippen LogP contribution in [0.3, 0.4) is 0 Å². The number of amides is 1. The van der Waals surface area contributed by atoms with Gasteiger partial charge in [-0.1, -0.05) is 13.2 Å². The van der Waals surface area contributed by atoms with Crippen molar-refractivity contribution >= 4 is 5.91 Å². The van der Waals surface area contributed by atoms with Gasteiger partial charge in [-0.2, -0.15) is 0 Å². The van der Waals surface area contributed by atoms with E-state index in [4.69, 9.17) is 4.74 Å². The lowest BCUT2D eigenvalue weighted by atomic mass is 10.3. The molecule has 9 heavy (non-hydrogen) atoms. The van der Waals surface area contributed by atoms with Crippen LogP contribution >= 0.6 is 0 Å². The van der Waals surface area contributed by atoms with E-state index in [-0.39, 0.29) is 12.5 Å². The van der Waals surface area contributed by atoms with Crippen molar-refractivity contribution in [2.24, 2.45) is 0 Å². The average molecular weight is 125 g/mol. The molecule has 0 atom stereocenters. The smallest absolute Gasteiger partial charge is 0.262 e. The summed E-state index contributed by atoms with van der Waals surface area (Å²) >= 11 is 0. The highest BCUT2D eigenvalue weighted by molar-refractivity contribution is 5.81. The highest BCUT2D eigenvalue weighted by atomic mass is 16.5. The molecule has 0 aromatic rings. The Morgan fingerprint density at radius 2 is 2.22 bits per heavy atom. The molecule has 1 aliphatic heterocycles. The second-order valence-electron chi connectivity index (χ2n) is 1.74. The normalized spacial score (nSPS) is 18.9. The number of ether oxygens (including phenoxy) is 1. The highest BCUT2D eigenvalue weighted by Crippen LogP contribution is 2.06. The Morgan fingerprint density at radius 1 is 1.56 bits per heavy atom. The third-order valence-electron chi connectivity index (χ3n) is 1.00. The Kier molecular flexibility index (Phi) is 1.26. The van der Waals surface area contributed by atoms with E-state index in [1.807, 2.05) is 0 Å². The summed E-state index contributed by atoms with van der Waals surface area (Å²) in [5.74, 6) is 0.266. The maximum Gasteiger partial charge on any atom is 0.262 e. The predicted molar refractivity (Wildman–Crippen MR) is 32.4 cm³/mol. The highest BCUT2D eigenvalue weighted by Gasteiger charge is 2.13. The molecule has 1 N–H and O–H groups in total. The first kappa shape index (κ1) is 5.88. The van der Waals surface area contributed by atoms with Crippen LogP contribution in [0.1, 0.15) is 0 Å². The largest absolute Gasteiger partial charge is 0.482 e. The molecule has 48 valence electrons. The average Bonchev–Trinajstić information content (AvgIpc) is 1.80. The number of carbonyl (C=O) groups is 1. The van der Waals surface area contributed by atoms with Gasteiger partial charge in [0.05, 0.1) is 5.70 Å². The molecule has 0 aromatic heterocycles. The van der Waals surface area contributed by atoms with Crippen molar-refractivity contribution in [1.82, 2.24) is 5.32 Å². The molecule has 1 amide bonds. The summed E-state index contributed by atoms with van der Waals surface area (Å²) in [7, 11) is 0. The number of rotatable bonds is 0. The first-order valence-electron chi connectivity index (χ1n) is 2.51. The van der Waals surface area contributed by atoms with Crippen molar-refractivity contribution in [3.05, 3.63) is 24.6 Å². The molecular weight excluding hydrogens is 118 g/mol. The van der Waals surface area contributed by atoms with Gasteiger partial charge in [-0.3, -0.25) is 4.79 Å². The lowest BCUT2D eigenvalue weighted by Crippen LogP contribution is -2.32. The molecule has 1 fully saturated rings. The van der Waals surface area contributed by atoms with E-state index in [2.05, 4.69) is 18.5 Å². The monoisotopic (exact) mass is 125 g/mol. The molecule has 3 nitrogen and oxygen atoms in total. The molecule has 0 bridgehead atoms. The summed E-state index contributed by atoms with van der Waals surface area (Å²) in [5.41, 5.74) is 0.450. The van der Waals surface area contributed by atoms with Gasteiger partial charge in [0.2, 0.25) is 0 Å². The van der Waals surface area contributed by atoms with E-state index in [0.717, 1.165) is 0 Å². The van der Waals surface area contributed by atoms with Gasteiger partial charge in [0.25, 0.3) is 5.91 Å². The third kappa shape index (κ3) is 1.10. The van der Waals surface area contributed by atoms with E-state index in [1.54, 1.807) is 0 Å². The van der Waals surface area contributed by atoms with Crippen molar-refractivity contribution in [3.63, 3.8) is 0 Å². The van der Waals surface area contributed by atoms with Crippen LogP contribution in [0.15, 0.2) is 24.6 Å². The van der Waals surface area contributed by atoms with Crippen LogP contribution in [-0.2, 0) is 9.53 Å². The van der Waals surface area contributed by atoms with Crippen LogP contribution < -0.4 is 5.32 Å². The summed E-state index contributed by atoms with van der Waals surface area (Å²) < 4.78 is 4.80. The Morgan fingerprint density at radius 3 is 2.67 bits per heavy atom. The predicted octanol–water partition coefficient (Wildman–Crippen LogP) is 0.160. The Hall–Kier alpha value is -1.25. The number of carbonyl (C=O) groups excluding carboxylic acids is 1.